The number of nitro groups is 1. The molecule has 0 aliphatic carbocycles. The van der Waals surface area contributed by atoms with Crippen LogP contribution in [0.2, 0.25) is 0 Å². The Morgan fingerprint density at radius 1 is 1.25 bits per heavy atom. The molecule has 2 aromatic rings. The second-order valence-electron chi connectivity index (χ2n) is 6.63. The number of benzene rings is 2. The lowest BCUT2D eigenvalue weighted by Crippen LogP contribution is -2.37. The topological polar surface area (TPSA) is 88.0 Å². The van der Waals surface area contributed by atoms with Crippen LogP contribution >= 0.6 is 0 Å². The van der Waals surface area contributed by atoms with Crippen molar-refractivity contribution in [2.24, 2.45) is 0 Å². The van der Waals surface area contributed by atoms with E-state index >= 15 is 0 Å². The molecule has 8 nitrogen and oxygen atoms in total. The van der Waals surface area contributed by atoms with Gasteiger partial charge in [0.2, 0.25) is 0 Å². The summed E-state index contributed by atoms with van der Waals surface area (Å²) in [5.41, 5.74) is 2.66. The van der Waals surface area contributed by atoms with Gasteiger partial charge in [-0.05, 0) is 23.8 Å². The second-order valence-corrected chi connectivity index (χ2v) is 6.63. The van der Waals surface area contributed by atoms with E-state index in [0.717, 1.165) is 24.3 Å². The van der Waals surface area contributed by atoms with E-state index in [1.807, 2.05) is 24.3 Å². The molecule has 3 rings (SSSR count). The van der Waals surface area contributed by atoms with Crippen LogP contribution in [0.4, 0.5) is 17.1 Å². The van der Waals surface area contributed by atoms with Gasteiger partial charge in [0, 0.05) is 51.0 Å². The molecule has 1 amide bonds. The van der Waals surface area contributed by atoms with Crippen molar-refractivity contribution in [1.82, 2.24) is 4.90 Å². The zero-order valence-electron chi connectivity index (χ0n) is 16.1. The van der Waals surface area contributed by atoms with E-state index in [-0.39, 0.29) is 17.2 Å². The number of carbonyl (C=O) groups excluding carboxylic acids is 1. The van der Waals surface area contributed by atoms with Gasteiger partial charge in [-0.25, -0.2) is 0 Å². The number of rotatable bonds is 6. The highest BCUT2D eigenvalue weighted by Crippen LogP contribution is 2.27. The first-order chi connectivity index (χ1) is 13.5. The molecule has 1 heterocycles. The number of hydrogen-bond donors (Lipinski definition) is 1. The van der Waals surface area contributed by atoms with Crippen LogP contribution < -0.4 is 10.2 Å². The number of hydrogen-bond acceptors (Lipinski definition) is 6. The minimum absolute atomic E-state index is 0.115. The lowest BCUT2D eigenvalue weighted by molar-refractivity contribution is -0.384. The first-order valence-corrected chi connectivity index (χ1v) is 9.13. The number of nitrogens with zero attached hydrogens (tertiary/aromatic N) is 3. The Hall–Kier alpha value is -3.13. The summed E-state index contributed by atoms with van der Waals surface area (Å²) in [5.74, 6) is -0.262. The van der Waals surface area contributed by atoms with Crippen LogP contribution in [0.15, 0.2) is 42.5 Å². The molecule has 0 radical (unpaired) electrons. The molecule has 1 fully saturated rings. The average molecular weight is 384 g/mol. The third kappa shape index (κ3) is 4.23. The normalized spacial score (nSPS) is 13.9. The lowest BCUT2D eigenvalue weighted by Gasteiger charge is -2.31. The fraction of sp³-hybridized carbons (Fsp3) is 0.350. The van der Waals surface area contributed by atoms with E-state index in [1.54, 1.807) is 31.1 Å². The Balaban J connectivity index is 1.80. The van der Waals surface area contributed by atoms with Gasteiger partial charge in [0.05, 0.1) is 18.1 Å². The van der Waals surface area contributed by atoms with Crippen LogP contribution in [-0.4, -0.2) is 56.1 Å². The highest BCUT2D eigenvalue weighted by Gasteiger charge is 2.21. The Morgan fingerprint density at radius 2 is 1.96 bits per heavy atom. The number of amides is 1. The number of ether oxygens (including phenoxy) is 1. The molecule has 0 bridgehead atoms. The van der Waals surface area contributed by atoms with Crippen LogP contribution in [0.1, 0.15) is 15.9 Å². The predicted molar refractivity (Wildman–Crippen MR) is 108 cm³/mol. The molecular formula is C20H24N4O4. The Bertz CT molecular complexity index is 865. The third-order valence-corrected chi connectivity index (χ3v) is 4.81. The number of morpholine rings is 1. The minimum atomic E-state index is -0.490. The zero-order valence-corrected chi connectivity index (χ0v) is 16.1. The van der Waals surface area contributed by atoms with Crippen molar-refractivity contribution in [2.75, 3.05) is 50.6 Å². The van der Waals surface area contributed by atoms with Crippen LogP contribution in [0.25, 0.3) is 0 Å². The molecule has 8 heteroatoms. The Morgan fingerprint density at radius 3 is 2.64 bits per heavy atom. The SMILES string of the molecule is CNc1ccc(C(=O)N(C)Cc2ccccc2N2CCOCC2)cc1[N+](=O)[O-]. The van der Waals surface area contributed by atoms with Crippen molar-refractivity contribution in [3.63, 3.8) is 0 Å². The maximum absolute atomic E-state index is 12.9. The van der Waals surface area contributed by atoms with Gasteiger partial charge in [-0.15, -0.1) is 0 Å². The van der Waals surface area contributed by atoms with Crippen molar-refractivity contribution < 1.29 is 14.5 Å². The number of nitro benzene ring substituents is 1. The largest absolute Gasteiger partial charge is 0.383 e. The molecule has 0 unspecified atom stereocenters. The third-order valence-electron chi connectivity index (χ3n) is 4.81. The molecule has 28 heavy (non-hydrogen) atoms. The van der Waals surface area contributed by atoms with E-state index in [0.29, 0.717) is 25.4 Å². The predicted octanol–water partition coefficient (Wildman–Crippen LogP) is 2.75. The van der Waals surface area contributed by atoms with E-state index in [1.165, 1.54) is 6.07 Å². The van der Waals surface area contributed by atoms with Crippen molar-refractivity contribution in [2.45, 2.75) is 6.54 Å². The van der Waals surface area contributed by atoms with Crippen molar-refractivity contribution >= 4 is 23.0 Å². The van der Waals surface area contributed by atoms with Crippen molar-refractivity contribution in [3.8, 4) is 0 Å². The van der Waals surface area contributed by atoms with Gasteiger partial charge in [0.1, 0.15) is 5.69 Å². The lowest BCUT2D eigenvalue weighted by atomic mass is 10.1. The second kappa shape index (κ2) is 8.71. The quantitative estimate of drug-likeness (QED) is 0.609. The molecule has 148 valence electrons. The number of nitrogens with one attached hydrogen (secondary N) is 1. The molecule has 1 saturated heterocycles. The van der Waals surface area contributed by atoms with E-state index < -0.39 is 4.92 Å². The highest BCUT2D eigenvalue weighted by atomic mass is 16.6. The van der Waals surface area contributed by atoms with Gasteiger partial charge < -0.3 is 19.9 Å². The number of carbonyl (C=O) groups is 1. The molecule has 0 aromatic heterocycles. The first kappa shape index (κ1) is 19.6. The van der Waals surface area contributed by atoms with Gasteiger partial charge >= 0.3 is 0 Å². The fourth-order valence-electron chi connectivity index (χ4n) is 3.33. The standard InChI is InChI=1S/C20H24N4O4/c1-21-17-8-7-15(13-19(17)24(26)27)20(25)22(2)14-16-5-3-4-6-18(16)23-9-11-28-12-10-23/h3-8,13,21H,9-12,14H2,1-2H3. The van der Waals surface area contributed by atoms with E-state index in [9.17, 15) is 14.9 Å². The molecule has 0 spiro atoms. The monoisotopic (exact) mass is 384 g/mol. The molecular weight excluding hydrogens is 360 g/mol. The van der Waals surface area contributed by atoms with Gasteiger partial charge in [-0.3, -0.25) is 14.9 Å². The van der Waals surface area contributed by atoms with Gasteiger partial charge in [-0.2, -0.15) is 0 Å². The molecule has 1 aliphatic heterocycles. The Kier molecular flexibility index (Phi) is 6.10. The van der Waals surface area contributed by atoms with Gasteiger partial charge in [0.25, 0.3) is 11.6 Å². The molecule has 0 atom stereocenters. The van der Waals surface area contributed by atoms with Gasteiger partial charge in [-0.1, -0.05) is 18.2 Å². The summed E-state index contributed by atoms with van der Waals surface area (Å²) in [6.45, 7) is 3.40. The van der Waals surface area contributed by atoms with Crippen molar-refractivity contribution in [3.05, 3.63) is 63.7 Å². The Labute approximate surface area is 163 Å². The van der Waals surface area contributed by atoms with E-state index in [2.05, 4.69) is 10.2 Å². The fourth-order valence-corrected chi connectivity index (χ4v) is 3.33. The summed E-state index contributed by atoms with van der Waals surface area (Å²) >= 11 is 0. The molecule has 1 N–H and O–H groups in total. The minimum Gasteiger partial charge on any atom is -0.383 e. The van der Waals surface area contributed by atoms with Crippen LogP contribution in [0, 0.1) is 10.1 Å². The summed E-state index contributed by atoms with van der Waals surface area (Å²) < 4.78 is 5.42. The first-order valence-electron chi connectivity index (χ1n) is 9.13. The molecule has 2 aromatic carbocycles. The number of anilines is 2. The van der Waals surface area contributed by atoms with Crippen LogP contribution in [0.3, 0.4) is 0 Å². The van der Waals surface area contributed by atoms with Crippen LogP contribution in [-0.2, 0) is 11.3 Å². The van der Waals surface area contributed by atoms with Gasteiger partial charge in [0.15, 0.2) is 0 Å². The summed E-state index contributed by atoms with van der Waals surface area (Å²) in [5, 5.41) is 14.0. The zero-order chi connectivity index (χ0) is 20.1. The number of para-hydroxylation sites is 1. The smallest absolute Gasteiger partial charge is 0.293 e. The summed E-state index contributed by atoms with van der Waals surface area (Å²) in [7, 11) is 3.31. The van der Waals surface area contributed by atoms with Crippen molar-refractivity contribution in [1.29, 1.82) is 0 Å². The average Bonchev–Trinajstić information content (AvgIpc) is 2.73. The maximum atomic E-state index is 12.9. The van der Waals surface area contributed by atoms with Crippen LogP contribution in [0.5, 0.6) is 0 Å². The maximum Gasteiger partial charge on any atom is 0.293 e. The molecule has 1 aliphatic rings. The van der Waals surface area contributed by atoms with E-state index in [4.69, 9.17) is 4.74 Å². The highest BCUT2D eigenvalue weighted by molar-refractivity contribution is 5.95. The summed E-state index contributed by atoms with van der Waals surface area (Å²) in [6.07, 6.45) is 0. The summed E-state index contributed by atoms with van der Waals surface area (Å²) in [4.78, 5) is 27.5. The molecule has 0 saturated carbocycles. The summed E-state index contributed by atoms with van der Waals surface area (Å²) in [6, 6.07) is 12.5.